The van der Waals surface area contributed by atoms with E-state index in [2.05, 4.69) is 36.9 Å². The second kappa shape index (κ2) is 8.17. The Morgan fingerprint density at radius 2 is 1.77 bits per heavy atom. The van der Waals surface area contributed by atoms with Gasteiger partial charge in [-0.05, 0) is 119 Å². The summed E-state index contributed by atoms with van der Waals surface area (Å²) in [5, 5.41) is 15.7. The Bertz CT molecular complexity index is 738. The first kappa shape index (κ1) is 21.9. The molecule has 5 aliphatic rings. The van der Waals surface area contributed by atoms with Crippen molar-refractivity contribution in [2.24, 2.45) is 33.7 Å². The Kier molecular flexibility index (Phi) is 5.78. The van der Waals surface area contributed by atoms with Crippen molar-refractivity contribution in [1.29, 1.82) is 0 Å². The molecule has 1 saturated heterocycles. The van der Waals surface area contributed by atoms with E-state index in [4.69, 9.17) is 4.84 Å². The molecule has 6 atom stereocenters. The molecule has 0 aromatic rings. The van der Waals surface area contributed by atoms with Gasteiger partial charge in [0.25, 0.3) is 0 Å². The molecule has 5 rings (SSSR count). The summed E-state index contributed by atoms with van der Waals surface area (Å²) >= 11 is 0. The largest absolute Gasteiger partial charge is 0.394 e. The van der Waals surface area contributed by atoms with Crippen LogP contribution in [0.1, 0.15) is 91.4 Å². The number of allylic oxidation sites excluding steroid dienone is 2. The van der Waals surface area contributed by atoms with Crippen LogP contribution in [-0.2, 0) is 4.84 Å². The molecular formula is C27H44N2O2. The van der Waals surface area contributed by atoms with Crippen LogP contribution in [0.4, 0.5) is 0 Å². The maximum atomic E-state index is 11.1. The van der Waals surface area contributed by atoms with E-state index in [0.717, 1.165) is 43.5 Å². The average molecular weight is 429 g/mol. The number of rotatable bonds is 4. The highest BCUT2D eigenvalue weighted by Gasteiger charge is 2.62. The number of oxime groups is 1. The highest BCUT2D eigenvalue weighted by molar-refractivity contribution is 5.96. The van der Waals surface area contributed by atoms with Crippen molar-refractivity contribution in [3.63, 3.8) is 0 Å². The SMILES string of the molecule is C[C@]12CCC(=NOCCN3CCCCC3)C=C1CCC1C2CC[C@@]2(C)C1CC[C@]2(C)O. The van der Waals surface area contributed by atoms with E-state index in [1.165, 1.54) is 70.9 Å². The van der Waals surface area contributed by atoms with Crippen molar-refractivity contribution in [2.45, 2.75) is 97.0 Å². The van der Waals surface area contributed by atoms with Gasteiger partial charge in [-0.25, -0.2) is 0 Å². The third-order valence-electron chi connectivity index (χ3n) is 10.7. The van der Waals surface area contributed by atoms with E-state index in [-0.39, 0.29) is 5.41 Å². The number of hydrogen-bond donors (Lipinski definition) is 1. The predicted molar refractivity (Wildman–Crippen MR) is 126 cm³/mol. The summed E-state index contributed by atoms with van der Waals surface area (Å²) in [4.78, 5) is 8.27. The molecule has 4 fully saturated rings. The molecule has 31 heavy (non-hydrogen) atoms. The monoisotopic (exact) mass is 428 g/mol. The fourth-order valence-electron chi connectivity index (χ4n) is 8.37. The van der Waals surface area contributed by atoms with Crippen LogP contribution < -0.4 is 0 Å². The molecule has 0 bridgehead atoms. The van der Waals surface area contributed by atoms with E-state index in [9.17, 15) is 5.11 Å². The van der Waals surface area contributed by atoms with Gasteiger partial charge in [-0.3, -0.25) is 4.90 Å². The van der Waals surface area contributed by atoms with Gasteiger partial charge in [-0.15, -0.1) is 0 Å². The Balaban J connectivity index is 1.24. The first-order valence-electron chi connectivity index (χ1n) is 13.2. The molecule has 0 amide bonds. The molecule has 174 valence electrons. The zero-order chi connectivity index (χ0) is 21.7. The summed E-state index contributed by atoms with van der Waals surface area (Å²) in [6, 6.07) is 0. The Morgan fingerprint density at radius 3 is 2.58 bits per heavy atom. The van der Waals surface area contributed by atoms with Gasteiger partial charge in [0.1, 0.15) is 6.61 Å². The van der Waals surface area contributed by atoms with Gasteiger partial charge in [-0.2, -0.15) is 0 Å². The zero-order valence-electron chi connectivity index (χ0n) is 20.2. The number of fused-ring (bicyclic) bond motifs is 5. The molecule has 4 nitrogen and oxygen atoms in total. The molecule has 4 heteroatoms. The topological polar surface area (TPSA) is 45.1 Å². The van der Waals surface area contributed by atoms with Crippen LogP contribution in [0.15, 0.2) is 16.8 Å². The molecule has 0 spiro atoms. The van der Waals surface area contributed by atoms with Gasteiger partial charge in [0.05, 0.1) is 11.3 Å². The lowest BCUT2D eigenvalue weighted by molar-refractivity contribution is -0.117. The fraction of sp³-hybridized carbons (Fsp3) is 0.889. The molecule has 1 N–H and O–H groups in total. The fourth-order valence-corrected chi connectivity index (χ4v) is 8.37. The highest BCUT2D eigenvalue weighted by atomic mass is 16.6. The van der Waals surface area contributed by atoms with E-state index >= 15 is 0 Å². The first-order chi connectivity index (χ1) is 14.8. The van der Waals surface area contributed by atoms with Crippen molar-refractivity contribution in [3.05, 3.63) is 11.6 Å². The van der Waals surface area contributed by atoms with E-state index in [1.807, 2.05) is 0 Å². The molecule has 3 saturated carbocycles. The van der Waals surface area contributed by atoms with Crippen LogP contribution in [0.2, 0.25) is 0 Å². The van der Waals surface area contributed by atoms with E-state index in [1.54, 1.807) is 5.57 Å². The molecule has 3 unspecified atom stereocenters. The summed E-state index contributed by atoms with van der Waals surface area (Å²) in [6.07, 6.45) is 15.9. The average Bonchev–Trinajstić information content (AvgIpc) is 3.01. The second-order valence-corrected chi connectivity index (χ2v) is 12.1. The predicted octanol–water partition coefficient (Wildman–Crippen LogP) is 5.56. The van der Waals surface area contributed by atoms with Crippen molar-refractivity contribution in [1.82, 2.24) is 4.90 Å². The molecule has 0 aromatic carbocycles. The van der Waals surface area contributed by atoms with Crippen LogP contribution in [0.25, 0.3) is 0 Å². The molecule has 0 aromatic heterocycles. The lowest BCUT2D eigenvalue weighted by Gasteiger charge is -2.59. The van der Waals surface area contributed by atoms with Gasteiger partial charge in [-0.1, -0.05) is 31.0 Å². The van der Waals surface area contributed by atoms with Crippen LogP contribution in [0, 0.1) is 28.6 Å². The standard InChI is InChI=1S/C27H44N2O2/c1-25-12-9-21(28-31-18-17-29-15-5-4-6-16-29)19-20(25)7-8-22-23(25)10-13-26(2)24(22)11-14-27(26,3)30/h19,22-24,30H,4-18H2,1-3H3/t22?,23?,24?,25-,26-,27-/m0/s1. The third-order valence-corrected chi connectivity index (χ3v) is 10.7. The normalized spacial score (nSPS) is 46.8. The van der Waals surface area contributed by atoms with Gasteiger partial charge in [0.2, 0.25) is 0 Å². The van der Waals surface area contributed by atoms with Crippen molar-refractivity contribution < 1.29 is 9.94 Å². The number of nitrogens with zero attached hydrogens (tertiary/aromatic N) is 2. The number of aliphatic hydroxyl groups is 1. The molecule has 1 heterocycles. The highest BCUT2D eigenvalue weighted by Crippen LogP contribution is 2.67. The maximum Gasteiger partial charge on any atom is 0.129 e. The number of hydrogen-bond acceptors (Lipinski definition) is 4. The summed E-state index contributed by atoms with van der Waals surface area (Å²) in [6.45, 7) is 11.2. The van der Waals surface area contributed by atoms with Gasteiger partial charge in [0.15, 0.2) is 0 Å². The molecular weight excluding hydrogens is 384 g/mol. The minimum absolute atomic E-state index is 0.120. The van der Waals surface area contributed by atoms with Crippen LogP contribution in [-0.4, -0.2) is 47.6 Å². The Morgan fingerprint density at radius 1 is 1.00 bits per heavy atom. The summed E-state index contributed by atoms with van der Waals surface area (Å²) in [5.41, 5.74) is 2.76. The van der Waals surface area contributed by atoms with Gasteiger partial charge in [0, 0.05) is 6.54 Å². The van der Waals surface area contributed by atoms with Crippen LogP contribution in [0.3, 0.4) is 0 Å². The van der Waals surface area contributed by atoms with E-state index < -0.39 is 5.60 Å². The van der Waals surface area contributed by atoms with Crippen molar-refractivity contribution in [2.75, 3.05) is 26.2 Å². The van der Waals surface area contributed by atoms with E-state index in [0.29, 0.717) is 11.3 Å². The lowest BCUT2D eigenvalue weighted by Crippen LogP contribution is -2.53. The summed E-state index contributed by atoms with van der Waals surface area (Å²) < 4.78 is 0. The Hall–Kier alpha value is -0.870. The molecule has 0 radical (unpaired) electrons. The summed E-state index contributed by atoms with van der Waals surface area (Å²) in [7, 11) is 0. The molecule has 1 aliphatic heterocycles. The van der Waals surface area contributed by atoms with Gasteiger partial charge >= 0.3 is 0 Å². The first-order valence-corrected chi connectivity index (χ1v) is 13.2. The maximum absolute atomic E-state index is 11.1. The zero-order valence-corrected chi connectivity index (χ0v) is 20.2. The second-order valence-electron chi connectivity index (χ2n) is 12.1. The number of piperidine rings is 1. The van der Waals surface area contributed by atoms with Crippen molar-refractivity contribution >= 4 is 5.71 Å². The van der Waals surface area contributed by atoms with Crippen LogP contribution in [0.5, 0.6) is 0 Å². The molecule has 4 aliphatic carbocycles. The summed E-state index contributed by atoms with van der Waals surface area (Å²) in [5.74, 6) is 2.27. The van der Waals surface area contributed by atoms with Crippen LogP contribution >= 0.6 is 0 Å². The minimum Gasteiger partial charge on any atom is -0.394 e. The van der Waals surface area contributed by atoms with Crippen molar-refractivity contribution in [3.8, 4) is 0 Å². The number of likely N-dealkylation sites (tertiary alicyclic amines) is 1. The smallest absolute Gasteiger partial charge is 0.129 e. The Labute approximate surface area is 189 Å². The minimum atomic E-state index is -0.475. The third kappa shape index (κ3) is 3.70. The van der Waals surface area contributed by atoms with Gasteiger partial charge < -0.3 is 9.94 Å². The lowest BCUT2D eigenvalue weighted by atomic mass is 9.46. The quantitative estimate of drug-likeness (QED) is 0.471.